The monoisotopic (exact) mass is 427 g/mol. The average Bonchev–Trinajstić information content (AvgIpc) is 2.79. The molecule has 31 heavy (non-hydrogen) atoms. The van der Waals surface area contributed by atoms with Gasteiger partial charge in [-0.3, -0.25) is 14.4 Å². The molecule has 6 nitrogen and oxygen atoms in total. The summed E-state index contributed by atoms with van der Waals surface area (Å²) >= 11 is 0. The lowest BCUT2D eigenvalue weighted by atomic mass is 9.92. The van der Waals surface area contributed by atoms with Crippen molar-refractivity contribution >= 4 is 11.7 Å². The Morgan fingerprint density at radius 3 is 2.55 bits per heavy atom. The van der Waals surface area contributed by atoms with Gasteiger partial charge in [-0.05, 0) is 62.0 Å². The molecule has 0 unspecified atom stereocenters. The predicted octanol–water partition coefficient (Wildman–Crippen LogP) is 3.14. The zero-order valence-electron chi connectivity index (χ0n) is 18.0. The van der Waals surface area contributed by atoms with E-state index in [1.54, 1.807) is 12.1 Å². The lowest BCUT2D eigenvalue weighted by molar-refractivity contribution is 0.0961. The van der Waals surface area contributed by atoms with Gasteiger partial charge in [-0.15, -0.1) is 0 Å². The number of nitrogens with zero attached hydrogens (tertiary/aromatic N) is 1. The lowest BCUT2D eigenvalue weighted by Crippen LogP contribution is -2.32. The van der Waals surface area contributed by atoms with Crippen molar-refractivity contribution in [2.75, 3.05) is 20.1 Å². The summed E-state index contributed by atoms with van der Waals surface area (Å²) in [5.74, 6) is -0.244. The van der Waals surface area contributed by atoms with E-state index >= 15 is 0 Å². The van der Waals surface area contributed by atoms with Gasteiger partial charge in [-0.1, -0.05) is 25.0 Å². The largest absolute Gasteiger partial charge is 0.355 e. The van der Waals surface area contributed by atoms with Crippen molar-refractivity contribution in [1.29, 1.82) is 0 Å². The first-order valence-electron chi connectivity index (χ1n) is 10.9. The molecule has 1 aliphatic rings. The fourth-order valence-corrected chi connectivity index (χ4v) is 4.02. The summed E-state index contributed by atoms with van der Waals surface area (Å²) in [6, 6.07) is 7.18. The van der Waals surface area contributed by atoms with Crippen LogP contribution < -0.4 is 16.2 Å². The van der Waals surface area contributed by atoms with Crippen molar-refractivity contribution in [3.63, 3.8) is 0 Å². The van der Waals surface area contributed by atoms with E-state index in [1.165, 1.54) is 48.9 Å². The number of aromatic nitrogens is 1. The Morgan fingerprint density at radius 1 is 1.16 bits per heavy atom. The van der Waals surface area contributed by atoms with Crippen molar-refractivity contribution in [2.45, 2.75) is 45.1 Å². The van der Waals surface area contributed by atoms with Crippen LogP contribution in [0.5, 0.6) is 0 Å². The molecule has 3 rings (SSSR count). The van der Waals surface area contributed by atoms with Gasteiger partial charge < -0.3 is 15.2 Å². The molecule has 0 radical (unpaired) electrons. The second-order valence-corrected chi connectivity index (χ2v) is 8.14. The highest BCUT2D eigenvalue weighted by Gasteiger charge is 2.17. The Hall–Kier alpha value is -2.80. The summed E-state index contributed by atoms with van der Waals surface area (Å²) < 4.78 is 14.5. The Labute approximate surface area is 181 Å². The maximum atomic E-state index is 13.2. The van der Waals surface area contributed by atoms with E-state index in [2.05, 4.69) is 10.6 Å². The summed E-state index contributed by atoms with van der Waals surface area (Å²) in [6.07, 6.45) is 7.18. The number of carbonyl (C=O) groups is 2. The Balaban J connectivity index is 1.71. The molecule has 1 aromatic carbocycles. The molecule has 1 aliphatic heterocycles. The fraction of sp³-hybridized carbons (Fsp3) is 0.458. The summed E-state index contributed by atoms with van der Waals surface area (Å²) in [6.45, 7) is 2.29. The van der Waals surface area contributed by atoms with Crippen LogP contribution in [0.15, 0.2) is 41.3 Å². The number of Topliss-reactive ketones (excluding diaryl/α,β-unsaturated/α-hetero) is 1. The number of hydrogen-bond donors (Lipinski definition) is 2. The van der Waals surface area contributed by atoms with Gasteiger partial charge in [0.25, 0.3) is 11.5 Å². The van der Waals surface area contributed by atoms with Gasteiger partial charge >= 0.3 is 0 Å². The molecule has 0 saturated carbocycles. The second-order valence-electron chi connectivity index (χ2n) is 8.14. The number of rotatable bonds is 9. The van der Waals surface area contributed by atoms with Crippen LogP contribution in [0.4, 0.5) is 4.39 Å². The minimum Gasteiger partial charge on any atom is -0.355 e. The van der Waals surface area contributed by atoms with Crippen LogP contribution in [0, 0.1) is 11.7 Å². The first-order valence-corrected chi connectivity index (χ1v) is 10.9. The minimum atomic E-state index is -0.529. The third-order valence-corrected chi connectivity index (χ3v) is 5.87. The molecule has 2 aromatic rings. The van der Waals surface area contributed by atoms with Gasteiger partial charge in [-0.2, -0.15) is 0 Å². The van der Waals surface area contributed by atoms with E-state index in [4.69, 9.17) is 0 Å². The van der Waals surface area contributed by atoms with E-state index in [1.807, 2.05) is 0 Å². The smallest absolute Gasteiger partial charge is 0.263 e. The van der Waals surface area contributed by atoms with Crippen LogP contribution in [-0.2, 0) is 6.54 Å². The van der Waals surface area contributed by atoms with E-state index < -0.39 is 11.5 Å². The topological polar surface area (TPSA) is 80.2 Å². The normalized spacial score (nSPS) is 14.4. The zero-order chi connectivity index (χ0) is 22.2. The van der Waals surface area contributed by atoms with Gasteiger partial charge in [0.05, 0.1) is 6.54 Å². The van der Waals surface area contributed by atoms with E-state index in [0.717, 1.165) is 38.3 Å². The van der Waals surface area contributed by atoms with Crippen LogP contribution in [0.25, 0.3) is 0 Å². The third-order valence-electron chi connectivity index (χ3n) is 5.87. The Morgan fingerprint density at radius 2 is 1.87 bits per heavy atom. The Bertz CT molecular complexity index is 963. The highest BCUT2D eigenvalue weighted by molar-refractivity contribution is 6.00. The van der Waals surface area contributed by atoms with Crippen molar-refractivity contribution < 1.29 is 14.0 Å². The number of hydrogen-bond acceptors (Lipinski definition) is 4. The van der Waals surface area contributed by atoms with Gasteiger partial charge in [0, 0.05) is 25.2 Å². The Kier molecular flexibility index (Phi) is 8.12. The molecule has 0 spiro atoms. The van der Waals surface area contributed by atoms with Crippen LogP contribution >= 0.6 is 0 Å². The maximum absolute atomic E-state index is 13.2. The number of pyridine rings is 1. The predicted molar refractivity (Wildman–Crippen MR) is 118 cm³/mol. The van der Waals surface area contributed by atoms with Crippen molar-refractivity contribution in [2.24, 2.45) is 5.92 Å². The molecule has 1 amide bonds. The fourth-order valence-electron chi connectivity index (χ4n) is 4.02. The molecule has 0 atom stereocenters. The maximum Gasteiger partial charge on any atom is 0.263 e. The van der Waals surface area contributed by atoms with Gasteiger partial charge in [0.1, 0.15) is 11.4 Å². The van der Waals surface area contributed by atoms with Crippen molar-refractivity contribution in [3.05, 3.63) is 69.4 Å². The number of piperidine rings is 1. The van der Waals surface area contributed by atoms with Crippen molar-refractivity contribution in [1.82, 2.24) is 15.2 Å². The summed E-state index contributed by atoms with van der Waals surface area (Å²) in [5.41, 5.74) is 0.511. The molecule has 166 valence electrons. The van der Waals surface area contributed by atoms with Gasteiger partial charge in [-0.25, -0.2) is 4.39 Å². The number of halogens is 1. The van der Waals surface area contributed by atoms with Gasteiger partial charge in [0.15, 0.2) is 5.78 Å². The first kappa shape index (κ1) is 22.9. The molecule has 1 saturated heterocycles. The molecule has 1 aromatic heterocycles. The number of ketones is 1. The van der Waals surface area contributed by atoms with E-state index in [0.29, 0.717) is 17.5 Å². The zero-order valence-corrected chi connectivity index (χ0v) is 18.0. The molecule has 0 bridgehead atoms. The van der Waals surface area contributed by atoms with E-state index in [-0.39, 0.29) is 23.7 Å². The van der Waals surface area contributed by atoms with Crippen LogP contribution in [0.3, 0.4) is 0 Å². The quantitative estimate of drug-likeness (QED) is 0.476. The van der Waals surface area contributed by atoms with Gasteiger partial charge in [0.2, 0.25) is 0 Å². The molecule has 2 heterocycles. The molecular formula is C24H30FN3O3. The number of unbranched alkanes of at least 4 members (excludes halogenated alkanes) is 1. The van der Waals surface area contributed by atoms with Crippen LogP contribution in [-0.4, -0.2) is 36.4 Å². The summed E-state index contributed by atoms with van der Waals surface area (Å²) in [7, 11) is 1.45. The molecular weight excluding hydrogens is 397 g/mol. The number of nitrogens with one attached hydrogen (secondary N) is 2. The first-order chi connectivity index (χ1) is 15.0. The highest BCUT2D eigenvalue weighted by Crippen LogP contribution is 2.20. The SMILES string of the molecule is CNC(=O)c1cc(C(=O)CCCCC2CCNCC2)cn(Cc2ccc(F)cc2)c1=O. The minimum absolute atomic E-state index is 0.0647. The number of benzene rings is 1. The average molecular weight is 428 g/mol. The van der Waals surface area contributed by atoms with Crippen LogP contribution in [0.1, 0.15) is 64.8 Å². The lowest BCUT2D eigenvalue weighted by Gasteiger charge is -2.22. The summed E-state index contributed by atoms with van der Waals surface area (Å²) in [5, 5.41) is 5.82. The highest BCUT2D eigenvalue weighted by atomic mass is 19.1. The molecule has 7 heteroatoms. The van der Waals surface area contributed by atoms with Crippen LogP contribution in [0.2, 0.25) is 0 Å². The molecule has 0 aliphatic carbocycles. The molecule has 1 fully saturated rings. The van der Waals surface area contributed by atoms with E-state index in [9.17, 15) is 18.8 Å². The second kappa shape index (κ2) is 11.0. The molecule has 2 N–H and O–H groups in total. The van der Waals surface area contributed by atoms with Crippen molar-refractivity contribution in [3.8, 4) is 0 Å². The summed E-state index contributed by atoms with van der Waals surface area (Å²) in [4.78, 5) is 37.8. The number of carbonyl (C=O) groups excluding carboxylic acids is 2. The standard InChI is InChI=1S/C24H30FN3O3/c1-26-23(30)21-14-19(22(29)5-3-2-4-17-10-12-27-13-11-17)16-28(24(21)31)15-18-6-8-20(25)9-7-18/h6-9,14,16-17,27H,2-5,10-13,15H2,1H3,(H,26,30). The third kappa shape index (κ3) is 6.34. The number of amides is 1.